The summed E-state index contributed by atoms with van der Waals surface area (Å²) in [6, 6.07) is 4.16. The van der Waals surface area contributed by atoms with Gasteiger partial charge in [-0.15, -0.1) is 0 Å². The maximum atomic E-state index is 4.62. The number of pyridine rings is 1. The van der Waals surface area contributed by atoms with Crippen molar-refractivity contribution in [3.05, 3.63) is 29.7 Å². The Morgan fingerprint density at radius 2 is 2.11 bits per heavy atom. The highest BCUT2D eigenvalue weighted by atomic mass is 15.3. The van der Waals surface area contributed by atoms with E-state index in [0.29, 0.717) is 0 Å². The molecule has 1 aliphatic rings. The van der Waals surface area contributed by atoms with Gasteiger partial charge in [-0.25, -0.2) is 9.50 Å². The number of hydrogen-bond acceptors (Lipinski definition) is 3. The first-order chi connectivity index (χ1) is 8.70. The van der Waals surface area contributed by atoms with Crippen molar-refractivity contribution in [2.24, 2.45) is 5.92 Å². The molecule has 4 nitrogen and oxygen atoms in total. The Kier molecular flexibility index (Phi) is 3.04. The van der Waals surface area contributed by atoms with Gasteiger partial charge in [-0.1, -0.05) is 0 Å². The Labute approximate surface area is 108 Å². The molecule has 0 aromatic carbocycles. The summed E-state index contributed by atoms with van der Waals surface area (Å²) in [6.07, 6.45) is 5.56. The van der Waals surface area contributed by atoms with Gasteiger partial charge in [0, 0.05) is 12.6 Å². The number of fused-ring (bicyclic) bond motifs is 1. The molecule has 1 aliphatic heterocycles. The van der Waals surface area contributed by atoms with Gasteiger partial charge in [-0.2, -0.15) is 5.10 Å². The van der Waals surface area contributed by atoms with Crippen molar-refractivity contribution in [3.8, 4) is 0 Å². The molecule has 18 heavy (non-hydrogen) atoms. The van der Waals surface area contributed by atoms with Gasteiger partial charge in [0.2, 0.25) is 0 Å². The summed E-state index contributed by atoms with van der Waals surface area (Å²) in [5, 5.41) is 4.56. The Morgan fingerprint density at radius 1 is 1.33 bits per heavy atom. The lowest BCUT2D eigenvalue weighted by atomic mass is 9.94. The van der Waals surface area contributed by atoms with Crippen molar-refractivity contribution in [1.82, 2.24) is 19.5 Å². The number of rotatable bonds is 2. The van der Waals surface area contributed by atoms with Crippen molar-refractivity contribution in [2.75, 3.05) is 20.1 Å². The molecule has 4 heteroatoms. The Morgan fingerprint density at radius 3 is 2.89 bits per heavy atom. The van der Waals surface area contributed by atoms with Crippen LogP contribution in [0.25, 0.3) is 5.65 Å². The van der Waals surface area contributed by atoms with Gasteiger partial charge >= 0.3 is 0 Å². The molecular weight excluding hydrogens is 224 g/mol. The zero-order valence-electron chi connectivity index (χ0n) is 11.1. The van der Waals surface area contributed by atoms with Crippen molar-refractivity contribution in [1.29, 1.82) is 0 Å². The van der Waals surface area contributed by atoms with Gasteiger partial charge in [-0.05, 0) is 63.5 Å². The summed E-state index contributed by atoms with van der Waals surface area (Å²) < 4.78 is 1.89. The smallest absolute Gasteiger partial charge is 0.155 e. The molecule has 0 N–H and O–H groups in total. The van der Waals surface area contributed by atoms with Crippen LogP contribution in [0.5, 0.6) is 0 Å². The van der Waals surface area contributed by atoms with E-state index in [1.165, 1.54) is 31.5 Å². The molecule has 0 bridgehead atoms. The van der Waals surface area contributed by atoms with Gasteiger partial charge in [0.1, 0.15) is 0 Å². The second-order valence-electron chi connectivity index (χ2n) is 5.49. The summed E-state index contributed by atoms with van der Waals surface area (Å²) in [6.45, 7) is 4.50. The SMILES string of the molecule is Cc1ccn2nc(CC3CCN(C)CC3)nc2c1. The minimum atomic E-state index is 0.750. The molecule has 3 rings (SSSR count). The van der Waals surface area contributed by atoms with E-state index in [1.807, 2.05) is 10.7 Å². The highest BCUT2D eigenvalue weighted by molar-refractivity contribution is 5.39. The molecular formula is C14H20N4. The predicted octanol–water partition coefficient (Wildman–Crippen LogP) is 1.92. The summed E-state index contributed by atoms with van der Waals surface area (Å²) >= 11 is 0. The molecule has 0 unspecified atom stereocenters. The molecule has 1 fully saturated rings. The molecule has 0 amide bonds. The van der Waals surface area contributed by atoms with E-state index < -0.39 is 0 Å². The van der Waals surface area contributed by atoms with Crippen LogP contribution in [0, 0.1) is 12.8 Å². The number of likely N-dealkylation sites (tertiary alicyclic amines) is 1. The monoisotopic (exact) mass is 244 g/mol. The highest BCUT2D eigenvalue weighted by Crippen LogP contribution is 2.19. The molecule has 2 aromatic rings. The highest BCUT2D eigenvalue weighted by Gasteiger charge is 2.18. The Hall–Kier alpha value is -1.42. The van der Waals surface area contributed by atoms with Gasteiger partial charge in [0.25, 0.3) is 0 Å². The molecule has 2 aromatic heterocycles. The molecule has 96 valence electrons. The summed E-state index contributed by atoms with van der Waals surface area (Å²) in [7, 11) is 2.20. The van der Waals surface area contributed by atoms with E-state index in [0.717, 1.165) is 23.8 Å². The number of hydrogen-bond donors (Lipinski definition) is 0. The van der Waals surface area contributed by atoms with E-state index in [2.05, 4.69) is 41.1 Å². The molecule has 0 aliphatic carbocycles. The van der Waals surface area contributed by atoms with Gasteiger partial charge in [0.05, 0.1) is 0 Å². The van der Waals surface area contributed by atoms with Gasteiger partial charge in [-0.3, -0.25) is 0 Å². The summed E-state index contributed by atoms with van der Waals surface area (Å²) in [5.74, 6) is 1.75. The first-order valence-corrected chi connectivity index (χ1v) is 6.71. The minimum Gasteiger partial charge on any atom is -0.306 e. The Bertz CT molecular complexity index is 538. The number of aryl methyl sites for hydroxylation is 1. The lowest BCUT2D eigenvalue weighted by Gasteiger charge is -2.28. The van der Waals surface area contributed by atoms with Crippen LogP contribution >= 0.6 is 0 Å². The normalized spacial score (nSPS) is 18.6. The fourth-order valence-corrected chi connectivity index (χ4v) is 2.64. The zero-order valence-corrected chi connectivity index (χ0v) is 11.1. The third-order valence-corrected chi connectivity index (χ3v) is 3.85. The quantitative estimate of drug-likeness (QED) is 0.809. The van der Waals surface area contributed by atoms with E-state index in [1.54, 1.807) is 0 Å². The Balaban J connectivity index is 1.74. The van der Waals surface area contributed by atoms with Crippen LogP contribution < -0.4 is 0 Å². The lowest BCUT2D eigenvalue weighted by molar-refractivity contribution is 0.217. The van der Waals surface area contributed by atoms with Crippen LogP contribution in [0.15, 0.2) is 18.3 Å². The molecule has 0 atom stereocenters. The molecule has 0 radical (unpaired) electrons. The molecule has 1 saturated heterocycles. The fraction of sp³-hybridized carbons (Fsp3) is 0.571. The molecule has 3 heterocycles. The first kappa shape index (κ1) is 11.7. The van der Waals surface area contributed by atoms with Crippen molar-refractivity contribution in [3.63, 3.8) is 0 Å². The summed E-state index contributed by atoms with van der Waals surface area (Å²) in [4.78, 5) is 7.02. The average molecular weight is 244 g/mol. The average Bonchev–Trinajstić information content (AvgIpc) is 2.73. The van der Waals surface area contributed by atoms with Crippen molar-refractivity contribution >= 4 is 5.65 Å². The van der Waals surface area contributed by atoms with Crippen LogP contribution in [0.2, 0.25) is 0 Å². The lowest BCUT2D eigenvalue weighted by Crippen LogP contribution is -2.31. The summed E-state index contributed by atoms with van der Waals surface area (Å²) in [5.41, 5.74) is 2.21. The van der Waals surface area contributed by atoms with E-state index in [9.17, 15) is 0 Å². The van der Waals surface area contributed by atoms with Crippen LogP contribution in [-0.4, -0.2) is 39.6 Å². The van der Waals surface area contributed by atoms with Crippen LogP contribution in [0.1, 0.15) is 24.2 Å². The molecule has 0 spiro atoms. The van der Waals surface area contributed by atoms with Crippen LogP contribution in [0.4, 0.5) is 0 Å². The van der Waals surface area contributed by atoms with Gasteiger partial charge in [0.15, 0.2) is 11.5 Å². The maximum absolute atomic E-state index is 4.62. The topological polar surface area (TPSA) is 33.4 Å². The number of aromatic nitrogens is 3. The van der Waals surface area contributed by atoms with Gasteiger partial charge < -0.3 is 4.90 Å². The second-order valence-corrected chi connectivity index (χ2v) is 5.49. The number of piperidine rings is 1. The standard InChI is InChI=1S/C14H20N4/c1-11-3-8-18-14(9-11)15-13(16-18)10-12-4-6-17(2)7-5-12/h3,8-9,12H,4-7,10H2,1-2H3. The third kappa shape index (κ3) is 2.38. The predicted molar refractivity (Wildman–Crippen MR) is 71.6 cm³/mol. The maximum Gasteiger partial charge on any atom is 0.155 e. The van der Waals surface area contributed by atoms with E-state index >= 15 is 0 Å². The number of nitrogens with zero attached hydrogens (tertiary/aromatic N) is 4. The largest absolute Gasteiger partial charge is 0.306 e. The van der Waals surface area contributed by atoms with Crippen LogP contribution in [0.3, 0.4) is 0 Å². The van der Waals surface area contributed by atoms with Crippen molar-refractivity contribution < 1.29 is 0 Å². The van der Waals surface area contributed by atoms with Crippen molar-refractivity contribution in [2.45, 2.75) is 26.2 Å². The molecule has 0 saturated carbocycles. The fourth-order valence-electron chi connectivity index (χ4n) is 2.64. The third-order valence-electron chi connectivity index (χ3n) is 3.85. The van der Waals surface area contributed by atoms with Crippen LogP contribution in [-0.2, 0) is 6.42 Å². The minimum absolute atomic E-state index is 0.750. The second kappa shape index (κ2) is 4.69. The first-order valence-electron chi connectivity index (χ1n) is 6.71. The van der Waals surface area contributed by atoms with E-state index in [-0.39, 0.29) is 0 Å². The van der Waals surface area contributed by atoms with E-state index in [4.69, 9.17) is 0 Å². The zero-order chi connectivity index (χ0) is 12.5.